The van der Waals surface area contributed by atoms with Crippen LogP contribution in [0.2, 0.25) is 0 Å². The van der Waals surface area contributed by atoms with E-state index in [-0.39, 0.29) is 5.41 Å². The zero-order valence-electron chi connectivity index (χ0n) is 20.1. The average Bonchev–Trinajstić information content (AvgIpc) is 3.58. The number of rotatable bonds is 4. The van der Waals surface area contributed by atoms with Gasteiger partial charge >= 0.3 is 0 Å². The molecule has 3 saturated heterocycles. The first-order valence-corrected chi connectivity index (χ1v) is 13.2. The third-order valence-electron chi connectivity index (χ3n) is 9.45. The summed E-state index contributed by atoms with van der Waals surface area (Å²) in [5, 5.41) is 8.11. The minimum atomic E-state index is 0.0862. The number of piperazine rings is 1. The van der Waals surface area contributed by atoms with Crippen LogP contribution < -0.4 is 15.1 Å². The second kappa shape index (κ2) is 7.00. The Morgan fingerprint density at radius 3 is 2.43 bits per heavy atom. The summed E-state index contributed by atoms with van der Waals surface area (Å²) in [6.07, 6.45) is 7.61. The van der Waals surface area contributed by atoms with Gasteiger partial charge in [-0.2, -0.15) is 5.10 Å². The molecule has 2 aromatic heterocycles. The minimum absolute atomic E-state index is 0.0862. The Hall–Kier alpha value is -3.06. The topological polar surface area (TPSA) is 56.1 Å². The molecule has 7 nitrogen and oxygen atoms in total. The maximum Gasteiger partial charge on any atom is 0.229 e. The van der Waals surface area contributed by atoms with Crippen LogP contribution >= 0.6 is 0 Å². The third-order valence-corrected chi connectivity index (χ3v) is 9.45. The molecule has 1 aromatic carbocycles. The van der Waals surface area contributed by atoms with Gasteiger partial charge in [0.1, 0.15) is 0 Å². The number of carbonyl (C=O) groups excluding carboxylic acids is 1. The number of nitrogens with zero attached hydrogens (tertiary/aromatic N) is 5. The van der Waals surface area contributed by atoms with Gasteiger partial charge in [-0.05, 0) is 61.6 Å². The van der Waals surface area contributed by atoms with Gasteiger partial charge in [0.2, 0.25) is 5.91 Å². The summed E-state index contributed by atoms with van der Waals surface area (Å²) in [7, 11) is 0. The van der Waals surface area contributed by atoms with E-state index in [2.05, 4.69) is 67.7 Å². The van der Waals surface area contributed by atoms with E-state index in [9.17, 15) is 4.79 Å². The number of amides is 1. The standard InChI is InChI=1S/C28H32N6O/c35-26(28-14-22(28)15-28)32-11-9-31(10-12-32)24-5-7-30-34-16-21(13-25(24)34)20-1-3-23(4-2-20)33-18-27(19-33)6-8-29-17-27/h1-5,7,13,16,22,29H,6,8-12,14-15,17-19H2. The van der Waals surface area contributed by atoms with Gasteiger partial charge in [0, 0.05) is 74.9 Å². The highest BCUT2D eigenvalue weighted by atomic mass is 16.2. The molecule has 1 N–H and O–H groups in total. The molecular formula is C28H32N6O. The van der Waals surface area contributed by atoms with Gasteiger partial charge in [-0.15, -0.1) is 0 Å². The quantitative estimate of drug-likeness (QED) is 0.638. The van der Waals surface area contributed by atoms with E-state index < -0.39 is 0 Å². The number of hydrogen-bond donors (Lipinski definition) is 1. The Morgan fingerprint density at radius 2 is 1.74 bits per heavy atom. The van der Waals surface area contributed by atoms with Crippen LogP contribution in [0.1, 0.15) is 19.3 Å². The number of fused-ring (bicyclic) bond motifs is 2. The van der Waals surface area contributed by atoms with Crippen molar-refractivity contribution in [2.75, 3.05) is 62.2 Å². The summed E-state index contributed by atoms with van der Waals surface area (Å²) in [6.45, 7) is 8.09. The maximum atomic E-state index is 12.8. The van der Waals surface area contributed by atoms with Crippen LogP contribution in [0.25, 0.3) is 16.6 Å². The molecule has 0 atom stereocenters. The van der Waals surface area contributed by atoms with Crippen LogP contribution in [-0.4, -0.2) is 72.8 Å². The van der Waals surface area contributed by atoms with E-state index >= 15 is 0 Å². The predicted molar refractivity (Wildman–Crippen MR) is 137 cm³/mol. The third kappa shape index (κ3) is 3.07. The Kier molecular flexibility index (Phi) is 4.03. The normalized spacial score (nSPS) is 28.3. The van der Waals surface area contributed by atoms with Crippen LogP contribution in [-0.2, 0) is 4.79 Å². The Labute approximate surface area is 205 Å². The molecule has 0 bridgehead atoms. The molecule has 3 aromatic rings. The van der Waals surface area contributed by atoms with E-state index in [1.165, 1.54) is 55.1 Å². The summed E-state index contributed by atoms with van der Waals surface area (Å²) in [5.74, 6) is 1.14. The van der Waals surface area contributed by atoms with Crippen molar-refractivity contribution in [3.63, 3.8) is 0 Å². The minimum Gasteiger partial charge on any atom is -0.370 e. The highest BCUT2D eigenvalue weighted by Crippen LogP contribution is 2.76. The van der Waals surface area contributed by atoms with Crippen LogP contribution in [0, 0.1) is 16.7 Å². The number of anilines is 2. The molecule has 3 aliphatic heterocycles. The van der Waals surface area contributed by atoms with Crippen molar-refractivity contribution in [2.24, 2.45) is 16.7 Å². The van der Waals surface area contributed by atoms with E-state index in [0.717, 1.165) is 44.5 Å². The van der Waals surface area contributed by atoms with Crippen LogP contribution in [0.15, 0.2) is 48.8 Å². The average molecular weight is 469 g/mol. The molecule has 5 aliphatic rings. The largest absolute Gasteiger partial charge is 0.370 e. The summed E-state index contributed by atoms with van der Waals surface area (Å²) >= 11 is 0. The van der Waals surface area contributed by atoms with Gasteiger partial charge in [0.15, 0.2) is 0 Å². The van der Waals surface area contributed by atoms with Gasteiger partial charge in [0.05, 0.1) is 16.6 Å². The second-order valence-corrected chi connectivity index (χ2v) is 11.6. The van der Waals surface area contributed by atoms with Crippen molar-refractivity contribution in [1.29, 1.82) is 0 Å². The zero-order valence-corrected chi connectivity index (χ0v) is 20.1. The van der Waals surface area contributed by atoms with Crippen molar-refractivity contribution in [2.45, 2.75) is 19.3 Å². The molecule has 5 heterocycles. The Bertz CT molecular complexity index is 1300. The van der Waals surface area contributed by atoms with Crippen LogP contribution in [0.5, 0.6) is 0 Å². The highest BCUT2D eigenvalue weighted by Gasteiger charge is 2.75. The molecule has 5 fully saturated rings. The van der Waals surface area contributed by atoms with Crippen molar-refractivity contribution < 1.29 is 4.79 Å². The molecule has 2 aliphatic carbocycles. The fourth-order valence-electron chi connectivity index (χ4n) is 6.82. The SMILES string of the molecule is O=C(N1CCN(c2ccnn3cc(-c4ccc(N5CC6(CCNC6)C5)cc4)cc23)CC1)C12CC1C2. The summed E-state index contributed by atoms with van der Waals surface area (Å²) in [6, 6.07) is 13.4. The molecule has 0 radical (unpaired) electrons. The van der Waals surface area contributed by atoms with Crippen molar-refractivity contribution >= 4 is 22.8 Å². The van der Waals surface area contributed by atoms with E-state index in [1.54, 1.807) is 0 Å². The number of carbonyl (C=O) groups is 1. The van der Waals surface area contributed by atoms with E-state index in [1.807, 2.05) is 10.7 Å². The smallest absolute Gasteiger partial charge is 0.229 e. The fourth-order valence-corrected chi connectivity index (χ4v) is 6.82. The van der Waals surface area contributed by atoms with Gasteiger partial charge in [-0.3, -0.25) is 4.79 Å². The molecule has 180 valence electrons. The lowest BCUT2D eigenvalue weighted by Crippen LogP contribution is -2.57. The fraction of sp³-hybridized carbons (Fsp3) is 0.500. The van der Waals surface area contributed by atoms with E-state index in [4.69, 9.17) is 0 Å². The first kappa shape index (κ1) is 20.2. The van der Waals surface area contributed by atoms with Crippen molar-refractivity contribution in [3.05, 3.63) is 48.8 Å². The molecule has 8 rings (SSSR count). The molecule has 7 heteroatoms. The lowest BCUT2D eigenvalue weighted by Gasteiger charge is -2.49. The molecular weight excluding hydrogens is 436 g/mol. The number of nitrogens with one attached hydrogen (secondary N) is 1. The molecule has 35 heavy (non-hydrogen) atoms. The monoisotopic (exact) mass is 468 g/mol. The number of benzene rings is 1. The molecule has 1 spiro atoms. The summed E-state index contributed by atoms with van der Waals surface area (Å²) in [5.41, 5.74) is 6.68. The predicted octanol–water partition coefficient (Wildman–Crippen LogP) is 2.86. The maximum absolute atomic E-state index is 12.8. The van der Waals surface area contributed by atoms with Crippen LogP contribution in [0.4, 0.5) is 11.4 Å². The first-order valence-electron chi connectivity index (χ1n) is 13.2. The van der Waals surface area contributed by atoms with Gasteiger partial charge in [0.25, 0.3) is 0 Å². The Morgan fingerprint density at radius 1 is 0.971 bits per heavy atom. The summed E-state index contributed by atoms with van der Waals surface area (Å²) < 4.78 is 2.00. The van der Waals surface area contributed by atoms with Gasteiger partial charge in [-0.1, -0.05) is 12.1 Å². The highest BCUT2D eigenvalue weighted by molar-refractivity contribution is 5.90. The molecule has 2 saturated carbocycles. The van der Waals surface area contributed by atoms with Gasteiger partial charge in [-0.25, -0.2) is 4.52 Å². The first-order chi connectivity index (χ1) is 17.1. The van der Waals surface area contributed by atoms with Crippen molar-refractivity contribution in [1.82, 2.24) is 19.8 Å². The molecule has 1 amide bonds. The zero-order chi connectivity index (χ0) is 23.2. The van der Waals surface area contributed by atoms with Gasteiger partial charge < -0.3 is 20.0 Å². The summed E-state index contributed by atoms with van der Waals surface area (Å²) in [4.78, 5) is 19.8. The molecule has 0 unspecified atom stereocenters. The number of aromatic nitrogens is 2. The number of hydrogen-bond acceptors (Lipinski definition) is 5. The van der Waals surface area contributed by atoms with Crippen molar-refractivity contribution in [3.8, 4) is 11.1 Å². The van der Waals surface area contributed by atoms with E-state index in [0.29, 0.717) is 17.2 Å². The Balaban J connectivity index is 0.989. The second-order valence-electron chi connectivity index (χ2n) is 11.6. The lowest BCUT2D eigenvalue weighted by molar-refractivity contribution is -0.135. The lowest BCUT2D eigenvalue weighted by atomic mass is 9.79. The van der Waals surface area contributed by atoms with Crippen LogP contribution in [0.3, 0.4) is 0 Å².